The highest BCUT2D eigenvalue weighted by Gasteiger charge is 2.56. The summed E-state index contributed by atoms with van der Waals surface area (Å²) in [6, 6.07) is 9.12. The molecular formula is C28H36O5. The number of aliphatic hydroxyl groups is 3. The Morgan fingerprint density at radius 2 is 1.91 bits per heavy atom. The van der Waals surface area contributed by atoms with Crippen LogP contribution in [-0.2, 0) is 4.79 Å². The fourth-order valence-corrected chi connectivity index (χ4v) is 6.69. The zero-order valence-corrected chi connectivity index (χ0v) is 19.7. The van der Waals surface area contributed by atoms with Crippen LogP contribution < -0.4 is 0 Å². The number of hydrogen-bond donors (Lipinski definition) is 3. The molecule has 1 unspecified atom stereocenters. The molecule has 0 radical (unpaired) electrons. The Balaban J connectivity index is 1.77. The fourth-order valence-electron chi connectivity index (χ4n) is 6.69. The summed E-state index contributed by atoms with van der Waals surface area (Å²) in [5.41, 5.74) is 2.67. The van der Waals surface area contributed by atoms with E-state index in [2.05, 4.69) is 6.92 Å². The van der Waals surface area contributed by atoms with Gasteiger partial charge in [0.05, 0.1) is 12.7 Å². The van der Waals surface area contributed by atoms with E-state index in [0.717, 1.165) is 32.0 Å². The van der Waals surface area contributed by atoms with Gasteiger partial charge in [-0.2, -0.15) is 0 Å². The molecule has 0 bridgehead atoms. The fraction of sp³-hybridized carbons (Fsp3) is 0.571. The third-order valence-corrected chi connectivity index (χ3v) is 8.93. The van der Waals surface area contributed by atoms with Crippen LogP contribution in [0, 0.1) is 28.6 Å². The maximum absolute atomic E-state index is 13.1. The van der Waals surface area contributed by atoms with Gasteiger partial charge in [-0.15, -0.1) is 0 Å². The quantitative estimate of drug-likeness (QED) is 0.332. The lowest BCUT2D eigenvalue weighted by Crippen LogP contribution is -2.48. The molecule has 33 heavy (non-hydrogen) atoms. The maximum Gasteiger partial charge on any atom is 0.163 e. The molecule has 4 rings (SSSR count). The van der Waals surface area contributed by atoms with Crippen LogP contribution in [0.4, 0.5) is 0 Å². The number of aliphatic hydroxyl groups excluding tert-OH is 3. The number of Topliss-reactive ketones (excluding diaryl/α,β-unsaturated/α-hetero) is 1. The summed E-state index contributed by atoms with van der Waals surface area (Å²) < 4.78 is 0. The summed E-state index contributed by atoms with van der Waals surface area (Å²) in [4.78, 5) is 25.2. The first-order chi connectivity index (χ1) is 15.8. The van der Waals surface area contributed by atoms with Gasteiger partial charge in [0.2, 0.25) is 0 Å². The molecular weight excluding hydrogens is 416 g/mol. The van der Waals surface area contributed by atoms with Gasteiger partial charge in [-0.05, 0) is 55.6 Å². The molecule has 5 heteroatoms. The summed E-state index contributed by atoms with van der Waals surface area (Å²) in [6.45, 7) is 4.19. The Bertz CT molecular complexity index is 964. The summed E-state index contributed by atoms with van der Waals surface area (Å²) >= 11 is 0. The number of fused-ring (bicyclic) bond motifs is 3. The van der Waals surface area contributed by atoms with E-state index in [1.54, 1.807) is 18.2 Å². The molecule has 6 atom stereocenters. The lowest BCUT2D eigenvalue weighted by molar-refractivity contribution is -0.105. The molecule has 3 aliphatic rings. The first-order valence-electron chi connectivity index (χ1n) is 12.2. The number of ketones is 1. The molecule has 1 saturated carbocycles. The smallest absolute Gasteiger partial charge is 0.163 e. The second kappa shape index (κ2) is 9.28. The zero-order chi connectivity index (χ0) is 23.8. The van der Waals surface area contributed by atoms with E-state index in [-0.39, 0.29) is 48.6 Å². The molecule has 3 aliphatic carbocycles. The number of hydrogen-bond acceptors (Lipinski definition) is 5. The average Bonchev–Trinajstić information content (AvgIpc) is 3.19. The van der Waals surface area contributed by atoms with Crippen molar-refractivity contribution >= 4 is 12.1 Å². The highest BCUT2D eigenvalue weighted by molar-refractivity contribution is 5.96. The predicted octanol–water partition coefficient (Wildman–Crippen LogP) is 3.88. The van der Waals surface area contributed by atoms with Crippen molar-refractivity contribution in [3.63, 3.8) is 0 Å². The summed E-state index contributed by atoms with van der Waals surface area (Å²) in [6.07, 6.45) is 5.65. The monoisotopic (exact) mass is 452 g/mol. The third-order valence-electron chi connectivity index (χ3n) is 8.93. The molecule has 0 aromatic heterocycles. The lowest BCUT2D eigenvalue weighted by atomic mass is 9.53. The largest absolute Gasteiger partial charge is 0.396 e. The minimum Gasteiger partial charge on any atom is -0.396 e. The highest BCUT2D eigenvalue weighted by atomic mass is 16.3. The highest BCUT2D eigenvalue weighted by Crippen LogP contribution is 2.63. The minimum absolute atomic E-state index is 0.0139. The number of aldehydes is 1. The third kappa shape index (κ3) is 4.05. The van der Waals surface area contributed by atoms with Crippen molar-refractivity contribution in [2.24, 2.45) is 28.6 Å². The van der Waals surface area contributed by atoms with Gasteiger partial charge in [0.25, 0.3) is 0 Å². The van der Waals surface area contributed by atoms with Crippen LogP contribution in [0.3, 0.4) is 0 Å². The molecule has 0 saturated heterocycles. The number of carbonyl (C=O) groups excluding carboxylic acids is 2. The Kier molecular flexibility index (Phi) is 6.77. The van der Waals surface area contributed by atoms with Crippen LogP contribution in [0.2, 0.25) is 0 Å². The Hall–Kier alpha value is -2.08. The molecule has 0 heterocycles. The molecule has 1 aromatic carbocycles. The van der Waals surface area contributed by atoms with Crippen molar-refractivity contribution in [1.29, 1.82) is 0 Å². The van der Waals surface area contributed by atoms with Gasteiger partial charge in [0.1, 0.15) is 6.29 Å². The van der Waals surface area contributed by atoms with E-state index in [1.807, 2.05) is 25.1 Å². The first kappa shape index (κ1) is 24.1. The minimum atomic E-state index is -0.810. The van der Waals surface area contributed by atoms with Crippen LogP contribution >= 0.6 is 0 Å². The molecule has 178 valence electrons. The van der Waals surface area contributed by atoms with E-state index < -0.39 is 11.5 Å². The molecule has 3 N–H and O–H groups in total. The average molecular weight is 453 g/mol. The van der Waals surface area contributed by atoms with Crippen molar-refractivity contribution in [3.05, 3.63) is 58.7 Å². The van der Waals surface area contributed by atoms with Gasteiger partial charge in [-0.1, -0.05) is 55.3 Å². The molecule has 1 aromatic rings. The van der Waals surface area contributed by atoms with Gasteiger partial charge in [-0.25, -0.2) is 0 Å². The number of allylic oxidation sites excluding steroid dienone is 1. The van der Waals surface area contributed by atoms with Gasteiger partial charge in [-0.3, -0.25) is 9.59 Å². The summed E-state index contributed by atoms with van der Waals surface area (Å²) in [5.74, 6) is -0.397. The van der Waals surface area contributed by atoms with Crippen LogP contribution in [0.15, 0.2) is 53.1 Å². The summed E-state index contributed by atoms with van der Waals surface area (Å²) in [5, 5.41) is 31.8. The molecule has 0 spiro atoms. The van der Waals surface area contributed by atoms with Crippen LogP contribution in [0.1, 0.15) is 62.7 Å². The first-order valence-corrected chi connectivity index (χ1v) is 12.2. The second-order valence-electron chi connectivity index (χ2n) is 10.7. The van der Waals surface area contributed by atoms with Crippen LogP contribution in [0.25, 0.3) is 0 Å². The van der Waals surface area contributed by atoms with Crippen molar-refractivity contribution in [3.8, 4) is 0 Å². The van der Waals surface area contributed by atoms with Gasteiger partial charge in [0, 0.05) is 35.3 Å². The van der Waals surface area contributed by atoms with E-state index in [4.69, 9.17) is 0 Å². The standard InChI is InChI=1S/C28H36O5/c1-18(15-29)22-8-9-28(17-31)11-10-27(2)23(26(22)28)12-20(21(16-30)14-25(27)33)13-24(32)19-6-4-3-5-7-19/h3-7,14,16,18,20,23,25,29,31,33H,8-13,15,17H2,1-2H3/t18?,20-,23+,25-,27+,28+/m0/s1. The summed E-state index contributed by atoms with van der Waals surface area (Å²) in [7, 11) is 0. The Morgan fingerprint density at radius 3 is 2.55 bits per heavy atom. The molecule has 1 fully saturated rings. The molecule has 5 nitrogen and oxygen atoms in total. The van der Waals surface area contributed by atoms with Crippen molar-refractivity contribution in [2.75, 3.05) is 13.2 Å². The van der Waals surface area contributed by atoms with Crippen molar-refractivity contribution in [1.82, 2.24) is 0 Å². The van der Waals surface area contributed by atoms with E-state index >= 15 is 0 Å². The van der Waals surface area contributed by atoms with E-state index in [1.165, 1.54) is 11.1 Å². The van der Waals surface area contributed by atoms with Crippen LogP contribution in [0.5, 0.6) is 0 Å². The molecule has 0 amide bonds. The predicted molar refractivity (Wildman–Crippen MR) is 127 cm³/mol. The molecule has 0 aliphatic heterocycles. The van der Waals surface area contributed by atoms with Gasteiger partial charge < -0.3 is 15.3 Å². The van der Waals surface area contributed by atoms with Crippen LogP contribution in [-0.4, -0.2) is 46.7 Å². The van der Waals surface area contributed by atoms with E-state index in [0.29, 0.717) is 17.6 Å². The van der Waals surface area contributed by atoms with Gasteiger partial charge in [0.15, 0.2) is 5.78 Å². The second-order valence-corrected chi connectivity index (χ2v) is 10.7. The van der Waals surface area contributed by atoms with Gasteiger partial charge >= 0.3 is 0 Å². The maximum atomic E-state index is 13.1. The number of benzene rings is 1. The normalized spacial score (nSPS) is 34.7. The zero-order valence-electron chi connectivity index (χ0n) is 19.7. The Morgan fingerprint density at radius 1 is 1.18 bits per heavy atom. The number of carbonyl (C=O) groups is 2. The SMILES string of the molecule is CC(CO)C1=C2[C@H]3C[C@@H](CC(=O)c4ccccc4)C(C=O)=C[C@H](O)[C@]3(C)CC[C@@]2(CO)CC1. The van der Waals surface area contributed by atoms with E-state index in [9.17, 15) is 24.9 Å². The topological polar surface area (TPSA) is 94.8 Å². The Labute approximate surface area is 196 Å². The number of rotatable bonds is 7. The lowest BCUT2D eigenvalue weighted by Gasteiger charge is -2.52. The van der Waals surface area contributed by atoms with Crippen molar-refractivity contribution in [2.45, 2.75) is 58.5 Å². The van der Waals surface area contributed by atoms with Crippen molar-refractivity contribution < 1.29 is 24.9 Å².